The van der Waals surface area contributed by atoms with Crippen molar-refractivity contribution in [2.45, 2.75) is 24.8 Å². The topological polar surface area (TPSA) is 63.2 Å². The number of hydrogen-bond acceptors (Lipinski definition) is 3. The van der Waals surface area contributed by atoms with Gasteiger partial charge in [0.05, 0.1) is 10.9 Å². The summed E-state index contributed by atoms with van der Waals surface area (Å²) in [5.41, 5.74) is 2.41. The smallest absolute Gasteiger partial charge is 0.252 e. The van der Waals surface area contributed by atoms with Gasteiger partial charge in [-0.2, -0.15) is 0 Å². The van der Waals surface area contributed by atoms with E-state index in [4.69, 9.17) is 0 Å². The molecule has 116 valence electrons. The van der Waals surface area contributed by atoms with Crippen molar-refractivity contribution in [3.8, 4) is 0 Å². The van der Waals surface area contributed by atoms with Crippen molar-refractivity contribution in [1.82, 2.24) is 5.32 Å². The molecular formula is C17H19NO3S. The van der Waals surface area contributed by atoms with Gasteiger partial charge in [-0.15, -0.1) is 0 Å². The monoisotopic (exact) mass is 317 g/mol. The van der Waals surface area contributed by atoms with Gasteiger partial charge >= 0.3 is 0 Å². The summed E-state index contributed by atoms with van der Waals surface area (Å²) in [4.78, 5) is 12.5. The third kappa shape index (κ3) is 3.74. The molecule has 1 amide bonds. The average molecular weight is 317 g/mol. The minimum absolute atomic E-state index is 0.141. The van der Waals surface area contributed by atoms with E-state index < -0.39 is 9.84 Å². The Kier molecular flexibility index (Phi) is 4.66. The van der Waals surface area contributed by atoms with Crippen LogP contribution < -0.4 is 5.32 Å². The van der Waals surface area contributed by atoms with Crippen molar-refractivity contribution in [2.24, 2.45) is 0 Å². The number of carbonyl (C=O) groups is 1. The standard InChI is InChI=1S/C17H19NO3S/c1-12-6-4-5-7-16(12)17(19)18-13(2)14-8-10-15(11-9-14)22(3,20)21/h4-11,13H,1-3H3,(H,18,19)/t13-/m0/s1. The van der Waals surface area contributed by atoms with Crippen LogP contribution in [0.2, 0.25) is 0 Å². The van der Waals surface area contributed by atoms with Crippen LogP contribution in [0.1, 0.15) is 34.5 Å². The number of benzene rings is 2. The Balaban J connectivity index is 2.14. The zero-order valence-electron chi connectivity index (χ0n) is 12.8. The molecule has 0 radical (unpaired) electrons. The van der Waals surface area contributed by atoms with E-state index >= 15 is 0 Å². The Bertz CT molecular complexity index is 780. The predicted molar refractivity (Wildman–Crippen MR) is 86.6 cm³/mol. The summed E-state index contributed by atoms with van der Waals surface area (Å²) in [5.74, 6) is -0.141. The zero-order chi connectivity index (χ0) is 16.3. The van der Waals surface area contributed by atoms with Gasteiger partial charge in [0.2, 0.25) is 0 Å². The molecule has 0 heterocycles. The van der Waals surface area contributed by atoms with Crippen LogP contribution in [-0.4, -0.2) is 20.6 Å². The van der Waals surface area contributed by atoms with Crippen LogP contribution in [-0.2, 0) is 9.84 Å². The highest BCUT2D eigenvalue weighted by Crippen LogP contribution is 2.17. The maximum absolute atomic E-state index is 12.3. The molecule has 0 aliphatic rings. The van der Waals surface area contributed by atoms with Gasteiger partial charge < -0.3 is 5.32 Å². The van der Waals surface area contributed by atoms with Crippen molar-refractivity contribution in [1.29, 1.82) is 0 Å². The van der Waals surface area contributed by atoms with E-state index in [0.717, 1.165) is 11.1 Å². The highest BCUT2D eigenvalue weighted by Gasteiger charge is 2.14. The van der Waals surface area contributed by atoms with Gasteiger partial charge in [0.1, 0.15) is 0 Å². The fraction of sp³-hybridized carbons (Fsp3) is 0.235. The molecule has 0 bridgehead atoms. The van der Waals surface area contributed by atoms with Crippen molar-refractivity contribution in [2.75, 3.05) is 6.26 Å². The minimum Gasteiger partial charge on any atom is -0.346 e. The molecular weight excluding hydrogens is 298 g/mol. The van der Waals surface area contributed by atoms with Crippen LogP contribution in [0.25, 0.3) is 0 Å². The molecule has 22 heavy (non-hydrogen) atoms. The van der Waals surface area contributed by atoms with Gasteiger partial charge in [-0.3, -0.25) is 4.79 Å². The molecule has 2 rings (SSSR count). The molecule has 0 spiro atoms. The quantitative estimate of drug-likeness (QED) is 0.943. The molecule has 2 aromatic rings. The summed E-state index contributed by atoms with van der Waals surface area (Å²) in [5, 5.41) is 2.92. The number of amides is 1. The minimum atomic E-state index is -3.20. The number of hydrogen-bond donors (Lipinski definition) is 1. The van der Waals surface area contributed by atoms with E-state index in [-0.39, 0.29) is 16.8 Å². The fourth-order valence-electron chi connectivity index (χ4n) is 2.19. The second-order valence-electron chi connectivity index (χ2n) is 5.35. The third-order valence-electron chi connectivity index (χ3n) is 3.55. The van der Waals surface area contributed by atoms with E-state index in [2.05, 4.69) is 5.32 Å². The Labute approximate surface area is 131 Å². The summed E-state index contributed by atoms with van der Waals surface area (Å²) in [7, 11) is -3.20. The highest BCUT2D eigenvalue weighted by atomic mass is 32.2. The van der Waals surface area contributed by atoms with Gasteiger partial charge in [0.25, 0.3) is 5.91 Å². The molecule has 1 N–H and O–H groups in total. The third-order valence-corrected chi connectivity index (χ3v) is 4.67. The molecule has 0 aliphatic heterocycles. The van der Waals surface area contributed by atoms with Crippen LogP contribution >= 0.6 is 0 Å². The van der Waals surface area contributed by atoms with Crippen LogP contribution in [0.3, 0.4) is 0 Å². The Morgan fingerprint density at radius 2 is 1.64 bits per heavy atom. The molecule has 0 fully saturated rings. The Morgan fingerprint density at radius 3 is 2.18 bits per heavy atom. The maximum Gasteiger partial charge on any atom is 0.252 e. The summed E-state index contributed by atoms with van der Waals surface area (Å²) in [6.45, 7) is 3.76. The molecule has 0 aliphatic carbocycles. The molecule has 1 atom stereocenters. The lowest BCUT2D eigenvalue weighted by atomic mass is 10.1. The largest absolute Gasteiger partial charge is 0.346 e. The van der Waals surface area contributed by atoms with E-state index in [1.165, 1.54) is 6.26 Å². The predicted octanol–water partition coefficient (Wildman–Crippen LogP) is 2.89. The fourth-order valence-corrected chi connectivity index (χ4v) is 2.82. The first-order valence-corrected chi connectivity index (χ1v) is 8.84. The van der Waals surface area contributed by atoms with Gasteiger partial charge in [-0.1, -0.05) is 30.3 Å². The van der Waals surface area contributed by atoms with Crippen molar-refractivity contribution in [3.63, 3.8) is 0 Å². The van der Waals surface area contributed by atoms with Gasteiger partial charge in [-0.25, -0.2) is 8.42 Å². The lowest BCUT2D eigenvalue weighted by Crippen LogP contribution is -2.27. The summed E-state index contributed by atoms with van der Waals surface area (Å²) < 4.78 is 22.9. The highest BCUT2D eigenvalue weighted by molar-refractivity contribution is 7.90. The van der Waals surface area contributed by atoms with E-state index in [9.17, 15) is 13.2 Å². The summed E-state index contributed by atoms with van der Waals surface area (Å²) in [6, 6.07) is 13.7. The first-order chi connectivity index (χ1) is 10.3. The van der Waals surface area contributed by atoms with Crippen LogP contribution in [0, 0.1) is 6.92 Å². The van der Waals surface area contributed by atoms with Crippen molar-refractivity contribution < 1.29 is 13.2 Å². The SMILES string of the molecule is Cc1ccccc1C(=O)N[C@@H](C)c1ccc(S(C)(=O)=O)cc1. The normalized spacial score (nSPS) is 12.7. The second-order valence-corrected chi connectivity index (χ2v) is 7.37. The number of carbonyl (C=O) groups excluding carboxylic acids is 1. The number of aryl methyl sites for hydroxylation is 1. The average Bonchev–Trinajstić information content (AvgIpc) is 2.46. The van der Waals surface area contributed by atoms with Crippen molar-refractivity contribution in [3.05, 3.63) is 65.2 Å². The molecule has 4 nitrogen and oxygen atoms in total. The summed E-state index contributed by atoms with van der Waals surface area (Å²) >= 11 is 0. The van der Waals surface area contributed by atoms with Crippen LogP contribution in [0.4, 0.5) is 0 Å². The zero-order valence-corrected chi connectivity index (χ0v) is 13.6. The Hall–Kier alpha value is -2.14. The lowest BCUT2D eigenvalue weighted by molar-refractivity contribution is 0.0939. The van der Waals surface area contributed by atoms with Gasteiger partial charge in [-0.05, 0) is 43.2 Å². The van der Waals surface area contributed by atoms with E-state index in [0.29, 0.717) is 5.56 Å². The molecule has 0 saturated heterocycles. The molecule has 2 aromatic carbocycles. The molecule has 0 saturated carbocycles. The molecule has 0 aromatic heterocycles. The van der Waals surface area contributed by atoms with Crippen LogP contribution in [0.5, 0.6) is 0 Å². The number of sulfone groups is 1. The van der Waals surface area contributed by atoms with Gasteiger partial charge in [0, 0.05) is 11.8 Å². The molecule has 0 unspecified atom stereocenters. The molecule has 5 heteroatoms. The second kappa shape index (κ2) is 6.32. The summed E-state index contributed by atoms with van der Waals surface area (Å²) in [6.07, 6.45) is 1.17. The van der Waals surface area contributed by atoms with Crippen LogP contribution in [0.15, 0.2) is 53.4 Å². The van der Waals surface area contributed by atoms with Crippen molar-refractivity contribution >= 4 is 15.7 Å². The first kappa shape index (κ1) is 16.2. The maximum atomic E-state index is 12.3. The van der Waals surface area contributed by atoms with Gasteiger partial charge in [0.15, 0.2) is 9.84 Å². The first-order valence-electron chi connectivity index (χ1n) is 6.95. The van der Waals surface area contributed by atoms with E-state index in [1.807, 2.05) is 32.0 Å². The Morgan fingerprint density at radius 1 is 1.05 bits per heavy atom. The lowest BCUT2D eigenvalue weighted by Gasteiger charge is -2.15. The number of rotatable bonds is 4. The number of nitrogens with one attached hydrogen (secondary N) is 1. The van der Waals surface area contributed by atoms with E-state index in [1.54, 1.807) is 30.3 Å².